The van der Waals surface area contributed by atoms with Gasteiger partial charge in [-0.1, -0.05) is 219 Å². The first-order chi connectivity index (χ1) is 30.7. The van der Waals surface area contributed by atoms with E-state index < -0.39 is 74.2 Å². The molecule has 8 N–H and O–H groups in total. The number of hydrogen-bond acceptors (Lipinski definition) is 10. The zero-order valence-electron chi connectivity index (χ0n) is 40.6. The number of amides is 1. The second-order valence-electron chi connectivity index (χ2n) is 19.0. The van der Waals surface area contributed by atoms with Crippen LogP contribution in [0.4, 0.5) is 0 Å². The molecule has 1 rings (SSSR count). The van der Waals surface area contributed by atoms with Gasteiger partial charge in [0.2, 0.25) is 5.91 Å². The fourth-order valence-electron chi connectivity index (χ4n) is 8.67. The van der Waals surface area contributed by atoms with E-state index in [1.54, 1.807) is 0 Å². The summed E-state index contributed by atoms with van der Waals surface area (Å²) in [6.45, 7) is 3.44. The minimum absolute atomic E-state index is 0.261. The standard InChI is InChI=1S/C52H101NO10/c1-3-5-7-9-11-13-15-16-17-18-19-20-21-22-23-24-25-26-27-28-29-30-32-34-36-38-40-45(56)51(61)53-43(42-62-52-50(60)49(59)48(58)46(41-54)63-52)47(57)44(55)39-37-35-33-31-14-12-10-8-6-4-2/h22-23,43-50,52,54-60H,3-21,24-42H2,1-2H3,(H,53,61)/b23-22-. The maximum atomic E-state index is 13.1. The molecule has 0 spiro atoms. The molecule has 1 aliphatic rings. The third-order valence-corrected chi connectivity index (χ3v) is 13.1. The number of ether oxygens (including phenoxy) is 2. The molecule has 1 fully saturated rings. The van der Waals surface area contributed by atoms with Gasteiger partial charge >= 0.3 is 0 Å². The monoisotopic (exact) mass is 900 g/mol. The molecule has 63 heavy (non-hydrogen) atoms. The van der Waals surface area contributed by atoms with Crippen molar-refractivity contribution >= 4 is 5.91 Å². The van der Waals surface area contributed by atoms with Crippen molar-refractivity contribution in [2.75, 3.05) is 13.2 Å². The second-order valence-corrected chi connectivity index (χ2v) is 19.0. The van der Waals surface area contributed by atoms with Crippen molar-refractivity contribution in [3.05, 3.63) is 12.2 Å². The Morgan fingerprint density at radius 3 is 1.33 bits per heavy atom. The number of allylic oxidation sites excluding steroid dienone is 2. The molecule has 0 aromatic heterocycles. The molecule has 11 heteroatoms. The maximum absolute atomic E-state index is 13.1. The van der Waals surface area contributed by atoms with Crippen molar-refractivity contribution in [2.45, 2.75) is 300 Å². The molecular formula is C52H101NO10. The SMILES string of the molecule is CCCCCCCCCCCCCC/C=C\CCCCCCCCCCCCC(O)C(=O)NC(COC1OC(CO)C(O)C(O)C1O)C(O)C(O)CCCCCCCCCCCC. The lowest BCUT2D eigenvalue weighted by Gasteiger charge is -2.40. The second kappa shape index (κ2) is 42.2. The molecule has 1 amide bonds. The number of carbonyl (C=O) groups excluding carboxylic acids is 1. The summed E-state index contributed by atoms with van der Waals surface area (Å²) in [5.74, 6) is -0.697. The Labute approximate surface area is 385 Å². The van der Waals surface area contributed by atoms with E-state index in [-0.39, 0.29) is 6.42 Å². The number of hydrogen-bond donors (Lipinski definition) is 8. The average Bonchev–Trinajstić information content (AvgIpc) is 3.28. The topological polar surface area (TPSA) is 189 Å². The lowest BCUT2D eigenvalue weighted by atomic mass is 9.98. The molecule has 11 nitrogen and oxygen atoms in total. The summed E-state index contributed by atoms with van der Waals surface area (Å²) in [6.07, 6.45) is 35.7. The Bertz CT molecular complexity index is 1030. The maximum Gasteiger partial charge on any atom is 0.249 e. The Kier molecular flexibility index (Phi) is 40.1. The molecule has 0 bridgehead atoms. The van der Waals surface area contributed by atoms with E-state index >= 15 is 0 Å². The lowest BCUT2D eigenvalue weighted by molar-refractivity contribution is -0.303. The van der Waals surface area contributed by atoms with Crippen molar-refractivity contribution in [3.8, 4) is 0 Å². The van der Waals surface area contributed by atoms with Crippen molar-refractivity contribution in [3.63, 3.8) is 0 Å². The van der Waals surface area contributed by atoms with E-state index in [9.17, 15) is 40.5 Å². The van der Waals surface area contributed by atoms with Gasteiger partial charge in [-0.3, -0.25) is 4.79 Å². The Morgan fingerprint density at radius 1 is 0.540 bits per heavy atom. The predicted octanol–water partition coefficient (Wildman–Crippen LogP) is 10.0. The molecule has 0 aromatic rings. The van der Waals surface area contributed by atoms with Gasteiger partial charge < -0.3 is 50.5 Å². The van der Waals surface area contributed by atoms with Gasteiger partial charge in [-0.25, -0.2) is 0 Å². The summed E-state index contributed by atoms with van der Waals surface area (Å²) in [7, 11) is 0. The van der Waals surface area contributed by atoms with E-state index in [0.717, 1.165) is 38.5 Å². The first-order valence-corrected chi connectivity index (χ1v) is 26.6. The third kappa shape index (κ3) is 31.5. The largest absolute Gasteiger partial charge is 0.394 e. The number of aliphatic hydroxyl groups is 7. The summed E-state index contributed by atoms with van der Waals surface area (Å²) in [6, 6.07) is -1.16. The minimum atomic E-state index is -1.66. The van der Waals surface area contributed by atoms with Crippen molar-refractivity contribution < 1.29 is 50.0 Å². The molecule has 9 unspecified atom stereocenters. The number of carbonyl (C=O) groups is 1. The highest BCUT2D eigenvalue weighted by Crippen LogP contribution is 2.23. The normalized spacial score (nSPS) is 21.2. The van der Waals surface area contributed by atoms with Crippen LogP contribution in [-0.4, -0.2) is 110 Å². The van der Waals surface area contributed by atoms with Gasteiger partial charge in [-0.05, 0) is 38.5 Å². The van der Waals surface area contributed by atoms with Gasteiger partial charge in [-0.2, -0.15) is 0 Å². The number of rotatable bonds is 45. The van der Waals surface area contributed by atoms with Crippen molar-refractivity contribution in [1.29, 1.82) is 0 Å². The fourth-order valence-corrected chi connectivity index (χ4v) is 8.67. The van der Waals surface area contributed by atoms with Gasteiger partial charge in [0.25, 0.3) is 0 Å². The average molecular weight is 900 g/mol. The minimum Gasteiger partial charge on any atom is -0.394 e. The van der Waals surface area contributed by atoms with Crippen molar-refractivity contribution in [2.24, 2.45) is 0 Å². The smallest absolute Gasteiger partial charge is 0.249 e. The molecule has 1 saturated heterocycles. The molecule has 1 aliphatic heterocycles. The van der Waals surface area contributed by atoms with Crippen LogP contribution in [0.25, 0.3) is 0 Å². The number of nitrogens with one attached hydrogen (secondary N) is 1. The molecule has 0 aliphatic carbocycles. The lowest BCUT2D eigenvalue weighted by Crippen LogP contribution is -2.60. The summed E-state index contributed by atoms with van der Waals surface area (Å²) >= 11 is 0. The van der Waals surface area contributed by atoms with Crippen LogP contribution in [0.3, 0.4) is 0 Å². The Morgan fingerprint density at radius 2 is 0.921 bits per heavy atom. The van der Waals surface area contributed by atoms with Gasteiger partial charge in [0.15, 0.2) is 6.29 Å². The van der Waals surface area contributed by atoms with E-state index in [1.807, 2.05) is 0 Å². The van der Waals surface area contributed by atoms with Crippen LogP contribution < -0.4 is 5.32 Å². The molecule has 374 valence electrons. The van der Waals surface area contributed by atoms with Gasteiger partial charge in [0.1, 0.15) is 36.6 Å². The number of aliphatic hydroxyl groups excluding tert-OH is 7. The van der Waals surface area contributed by atoms with Crippen LogP contribution in [0.2, 0.25) is 0 Å². The highest BCUT2D eigenvalue weighted by molar-refractivity contribution is 5.80. The highest BCUT2D eigenvalue weighted by Gasteiger charge is 2.44. The Hall–Kier alpha value is -1.15. The molecule has 0 saturated carbocycles. The van der Waals surface area contributed by atoms with Crippen LogP contribution in [0.1, 0.15) is 245 Å². The summed E-state index contributed by atoms with van der Waals surface area (Å²) in [5, 5.41) is 75.7. The van der Waals surface area contributed by atoms with Crippen LogP contribution in [-0.2, 0) is 14.3 Å². The Balaban J connectivity index is 2.26. The first kappa shape index (κ1) is 59.9. The van der Waals surface area contributed by atoms with Crippen LogP contribution in [0.5, 0.6) is 0 Å². The zero-order valence-corrected chi connectivity index (χ0v) is 40.6. The van der Waals surface area contributed by atoms with Crippen molar-refractivity contribution in [1.82, 2.24) is 5.32 Å². The van der Waals surface area contributed by atoms with Crippen LogP contribution >= 0.6 is 0 Å². The molecular weight excluding hydrogens is 799 g/mol. The molecule has 9 atom stereocenters. The van der Waals surface area contributed by atoms with Gasteiger partial charge in [0.05, 0.1) is 25.4 Å². The zero-order chi connectivity index (χ0) is 46.2. The van der Waals surface area contributed by atoms with Crippen LogP contribution in [0, 0.1) is 0 Å². The predicted molar refractivity (Wildman–Crippen MR) is 256 cm³/mol. The number of unbranched alkanes of at least 4 members (excludes halogenated alkanes) is 31. The molecule has 0 radical (unpaired) electrons. The fraction of sp³-hybridized carbons (Fsp3) is 0.942. The molecule has 0 aromatic carbocycles. The van der Waals surface area contributed by atoms with E-state index in [1.165, 1.54) is 167 Å². The highest BCUT2D eigenvalue weighted by atomic mass is 16.7. The van der Waals surface area contributed by atoms with E-state index in [0.29, 0.717) is 19.3 Å². The summed E-state index contributed by atoms with van der Waals surface area (Å²) in [5.41, 5.74) is 0. The molecule has 1 heterocycles. The first-order valence-electron chi connectivity index (χ1n) is 26.6. The van der Waals surface area contributed by atoms with Gasteiger partial charge in [-0.15, -0.1) is 0 Å². The summed E-state index contributed by atoms with van der Waals surface area (Å²) in [4.78, 5) is 13.1. The van der Waals surface area contributed by atoms with Crippen LogP contribution in [0.15, 0.2) is 12.2 Å². The van der Waals surface area contributed by atoms with E-state index in [2.05, 4.69) is 31.3 Å². The summed E-state index contributed by atoms with van der Waals surface area (Å²) < 4.78 is 11.1. The van der Waals surface area contributed by atoms with Gasteiger partial charge in [0, 0.05) is 0 Å². The van der Waals surface area contributed by atoms with E-state index in [4.69, 9.17) is 9.47 Å². The third-order valence-electron chi connectivity index (χ3n) is 13.1. The quantitative estimate of drug-likeness (QED) is 0.0216.